The number of carbonyl (C=O) groups excluding carboxylic acids is 1. The molecule has 0 saturated carbocycles. The Morgan fingerprint density at radius 3 is 2.65 bits per heavy atom. The molecule has 1 aliphatic heterocycles. The number of aliphatic hydroxyl groups is 1. The van der Waals surface area contributed by atoms with Crippen LogP contribution in [-0.2, 0) is 0 Å². The number of aromatic nitrogens is 2. The van der Waals surface area contributed by atoms with Gasteiger partial charge in [0.2, 0.25) is 0 Å². The van der Waals surface area contributed by atoms with E-state index in [2.05, 4.69) is 59.2 Å². The van der Waals surface area contributed by atoms with Crippen molar-refractivity contribution in [2.75, 3.05) is 23.7 Å². The average Bonchev–Trinajstić information content (AvgIpc) is 3.40. The summed E-state index contributed by atoms with van der Waals surface area (Å²) in [6, 6.07) is 9.27. The molecule has 1 aliphatic rings. The average molecular weight is 502 g/mol. The van der Waals surface area contributed by atoms with E-state index in [4.69, 9.17) is 0 Å². The first kappa shape index (κ1) is 24.4. The number of nitrogens with one attached hydrogen (secondary N) is 2. The first-order valence-electron chi connectivity index (χ1n) is 11.3. The molecule has 0 radical (unpaired) electrons. The minimum Gasteiger partial charge on any atom is -0.505 e. The molecule has 1 amide bonds. The molecule has 3 aromatic rings. The van der Waals surface area contributed by atoms with Gasteiger partial charge < -0.3 is 25.7 Å². The van der Waals surface area contributed by atoms with Gasteiger partial charge in [-0.05, 0) is 49.4 Å². The zero-order chi connectivity index (χ0) is 24.5. The van der Waals surface area contributed by atoms with Gasteiger partial charge in [-0.25, -0.2) is 0 Å². The topological polar surface area (TPSA) is 111 Å². The van der Waals surface area contributed by atoms with Crippen LogP contribution >= 0.6 is 23.1 Å². The highest BCUT2D eigenvalue weighted by Crippen LogP contribution is 2.41. The lowest BCUT2D eigenvalue weighted by atomic mass is 9.86. The van der Waals surface area contributed by atoms with Gasteiger partial charge >= 0.3 is 0 Å². The van der Waals surface area contributed by atoms with Crippen LogP contribution in [0.1, 0.15) is 59.8 Å². The molecule has 2 unspecified atom stereocenters. The first-order chi connectivity index (χ1) is 16.1. The van der Waals surface area contributed by atoms with Crippen LogP contribution in [0.3, 0.4) is 0 Å². The lowest BCUT2D eigenvalue weighted by molar-refractivity contribution is 0.0471. The predicted molar refractivity (Wildman–Crippen MR) is 137 cm³/mol. The molecular weight excluding hydrogens is 470 g/mol. The van der Waals surface area contributed by atoms with Crippen LogP contribution in [-0.4, -0.2) is 49.0 Å². The summed E-state index contributed by atoms with van der Waals surface area (Å²) in [6.07, 6.45) is 0.896. The number of hydrogen-bond donors (Lipinski definition) is 4. The third kappa shape index (κ3) is 5.34. The van der Waals surface area contributed by atoms with E-state index in [0.29, 0.717) is 30.3 Å². The van der Waals surface area contributed by atoms with Gasteiger partial charge in [0.15, 0.2) is 17.4 Å². The standard InChI is InChI=1S/C24H31N5O3S2/c1-14-10-11-18(33-14)20(24(2,3)4)26-22-21(27-34-28-22)25-17-9-5-8-16(19(17)31)23(32)29-12-6-7-15(30)13-29/h5,8-11,15,20,30-31H,6-7,12-13H2,1-4H3,(H,25,27)(H,26,28). The van der Waals surface area contributed by atoms with Gasteiger partial charge in [0.05, 0.1) is 35.1 Å². The van der Waals surface area contributed by atoms with Gasteiger partial charge in [-0.1, -0.05) is 26.8 Å². The third-order valence-corrected chi connectivity index (χ3v) is 7.48. The van der Waals surface area contributed by atoms with Gasteiger partial charge in [0.25, 0.3) is 5.91 Å². The van der Waals surface area contributed by atoms with E-state index in [1.807, 2.05) is 0 Å². The Morgan fingerprint density at radius 2 is 1.97 bits per heavy atom. The van der Waals surface area contributed by atoms with Crippen molar-refractivity contribution < 1.29 is 15.0 Å². The molecule has 8 nitrogen and oxygen atoms in total. The molecule has 1 saturated heterocycles. The van der Waals surface area contributed by atoms with Crippen molar-refractivity contribution in [3.8, 4) is 5.75 Å². The fourth-order valence-electron chi connectivity index (χ4n) is 4.08. The highest BCUT2D eigenvalue weighted by molar-refractivity contribution is 7.12. The number of aliphatic hydroxyl groups excluding tert-OH is 1. The minimum atomic E-state index is -0.529. The zero-order valence-electron chi connectivity index (χ0n) is 19.8. The first-order valence-corrected chi connectivity index (χ1v) is 12.9. The summed E-state index contributed by atoms with van der Waals surface area (Å²) in [5, 5.41) is 27.5. The molecule has 182 valence electrons. The van der Waals surface area contributed by atoms with E-state index in [9.17, 15) is 15.0 Å². The monoisotopic (exact) mass is 501 g/mol. The number of aromatic hydroxyl groups is 1. The van der Waals surface area contributed by atoms with Crippen LogP contribution < -0.4 is 10.6 Å². The second kappa shape index (κ2) is 9.89. The van der Waals surface area contributed by atoms with E-state index in [0.717, 1.165) is 18.1 Å². The number of phenols is 1. The van der Waals surface area contributed by atoms with Crippen LogP contribution in [0.25, 0.3) is 0 Å². The number of para-hydroxylation sites is 1. The van der Waals surface area contributed by atoms with Crippen LogP contribution in [0.2, 0.25) is 0 Å². The maximum absolute atomic E-state index is 13.0. The molecular formula is C24H31N5O3S2. The van der Waals surface area contributed by atoms with Crippen molar-refractivity contribution in [2.45, 2.75) is 52.7 Å². The van der Waals surface area contributed by atoms with Crippen molar-refractivity contribution in [1.82, 2.24) is 13.6 Å². The van der Waals surface area contributed by atoms with Crippen LogP contribution in [0.15, 0.2) is 30.3 Å². The Labute approximate surface area is 208 Å². The molecule has 2 atom stereocenters. The van der Waals surface area contributed by atoms with Gasteiger partial charge in [0, 0.05) is 22.8 Å². The molecule has 4 N–H and O–H groups in total. The summed E-state index contributed by atoms with van der Waals surface area (Å²) in [4.78, 5) is 17.0. The van der Waals surface area contributed by atoms with Crippen molar-refractivity contribution in [3.63, 3.8) is 0 Å². The lowest BCUT2D eigenvalue weighted by Gasteiger charge is -2.31. The number of phenolic OH excluding ortho intramolecular Hbond substituents is 1. The van der Waals surface area contributed by atoms with Gasteiger partial charge in [0.1, 0.15) is 0 Å². The number of β-amino-alcohol motifs (C(OH)–C–C–N with tert-alkyl or cyclic N) is 1. The SMILES string of the molecule is Cc1ccc(C(Nc2nsnc2Nc2cccc(C(=O)N3CCCC(O)C3)c2O)C(C)(C)C)s1. The molecule has 1 fully saturated rings. The number of piperidine rings is 1. The maximum Gasteiger partial charge on any atom is 0.257 e. The third-order valence-electron chi connectivity index (χ3n) is 5.88. The van der Waals surface area contributed by atoms with Crippen LogP contribution in [0, 0.1) is 12.3 Å². The quantitative estimate of drug-likeness (QED) is 0.346. The number of amides is 1. The highest BCUT2D eigenvalue weighted by atomic mass is 32.1. The Morgan fingerprint density at radius 1 is 1.21 bits per heavy atom. The Kier molecular flexibility index (Phi) is 7.11. The molecule has 10 heteroatoms. The summed E-state index contributed by atoms with van der Waals surface area (Å²) in [7, 11) is 0. The smallest absolute Gasteiger partial charge is 0.257 e. The number of rotatable bonds is 6. The van der Waals surface area contributed by atoms with Crippen molar-refractivity contribution in [1.29, 1.82) is 0 Å². The van der Waals surface area contributed by atoms with Crippen LogP contribution in [0.5, 0.6) is 5.75 Å². The lowest BCUT2D eigenvalue weighted by Crippen LogP contribution is -2.42. The van der Waals surface area contributed by atoms with Crippen molar-refractivity contribution in [2.24, 2.45) is 5.41 Å². The molecule has 3 heterocycles. The van der Waals surface area contributed by atoms with E-state index < -0.39 is 6.10 Å². The molecule has 1 aromatic carbocycles. The summed E-state index contributed by atoms with van der Waals surface area (Å²) >= 11 is 2.82. The number of carbonyl (C=O) groups is 1. The molecule has 0 aliphatic carbocycles. The van der Waals surface area contributed by atoms with E-state index >= 15 is 0 Å². The van der Waals surface area contributed by atoms with Crippen LogP contribution in [0.4, 0.5) is 17.3 Å². The summed E-state index contributed by atoms with van der Waals surface area (Å²) < 4.78 is 8.83. The number of benzene rings is 1. The summed E-state index contributed by atoms with van der Waals surface area (Å²) in [5.41, 5.74) is 0.489. The fraction of sp³-hybridized carbons (Fsp3) is 0.458. The summed E-state index contributed by atoms with van der Waals surface area (Å²) in [5.74, 6) is 0.635. The van der Waals surface area contributed by atoms with E-state index in [1.54, 1.807) is 34.4 Å². The molecule has 0 spiro atoms. The second-order valence-electron chi connectivity index (χ2n) is 9.73. The van der Waals surface area contributed by atoms with Crippen molar-refractivity contribution >= 4 is 46.3 Å². The van der Waals surface area contributed by atoms with Gasteiger partial charge in [-0.3, -0.25) is 4.79 Å². The maximum atomic E-state index is 13.0. The number of nitrogens with zero attached hydrogens (tertiary/aromatic N) is 3. The fourth-order valence-corrected chi connectivity index (χ4v) is 5.73. The van der Waals surface area contributed by atoms with E-state index in [1.165, 1.54) is 9.75 Å². The minimum absolute atomic E-state index is 0.0164. The molecule has 0 bridgehead atoms. The normalized spacial score (nSPS) is 17.4. The Bertz CT molecular complexity index is 1150. The summed E-state index contributed by atoms with van der Waals surface area (Å²) in [6.45, 7) is 9.44. The predicted octanol–water partition coefficient (Wildman–Crippen LogP) is 5.15. The number of thiophene rings is 1. The molecule has 2 aromatic heterocycles. The largest absolute Gasteiger partial charge is 0.505 e. The van der Waals surface area contributed by atoms with Gasteiger partial charge in [-0.2, -0.15) is 8.75 Å². The molecule has 34 heavy (non-hydrogen) atoms. The zero-order valence-corrected chi connectivity index (χ0v) is 21.5. The second-order valence-corrected chi connectivity index (χ2v) is 11.6. The Hall–Kier alpha value is -2.69. The molecule has 4 rings (SSSR count). The number of hydrogen-bond acceptors (Lipinski definition) is 9. The van der Waals surface area contributed by atoms with Crippen molar-refractivity contribution in [3.05, 3.63) is 45.6 Å². The number of anilines is 3. The Balaban J connectivity index is 1.56. The number of likely N-dealkylation sites (tertiary alicyclic amines) is 1. The van der Waals surface area contributed by atoms with Gasteiger partial charge in [-0.15, -0.1) is 11.3 Å². The number of aryl methyl sites for hydroxylation is 1. The highest BCUT2D eigenvalue weighted by Gasteiger charge is 2.30. The van der Waals surface area contributed by atoms with E-state index in [-0.39, 0.29) is 35.2 Å².